The molecule has 0 aliphatic heterocycles. The molecule has 124 valence electrons. The lowest BCUT2D eigenvalue weighted by atomic mass is 9.81. The van der Waals surface area contributed by atoms with Gasteiger partial charge in [-0.1, -0.05) is 32.1 Å². The Balaban J connectivity index is 0.000000224. The fraction of sp³-hybridized carbons (Fsp3) is 0.579. The summed E-state index contributed by atoms with van der Waals surface area (Å²) in [6.45, 7) is 4.68. The van der Waals surface area contributed by atoms with Gasteiger partial charge in [0.25, 0.3) is 0 Å². The van der Waals surface area contributed by atoms with Gasteiger partial charge in [-0.3, -0.25) is 0 Å². The zero-order valence-electron chi connectivity index (χ0n) is 14.9. The summed E-state index contributed by atoms with van der Waals surface area (Å²) in [5.74, 6) is 3.21. The molecule has 0 saturated carbocycles. The van der Waals surface area contributed by atoms with E-state index in [1.165, 1.54) is 19.3 Å². The molecule has 2 unspecified atom stereocenters. The Hall–Kier alpha value is -1.64. The fourth-order valence-electron chi connectivity index (χ4n) is 3.05. The predicted molar refractivity (Wildman–Crippen MR) is 93.5 cm³/mol. The van der Waals surface area contributed by atoms with Crippen molar-refractivity contribution in [3.63, 3.8) is 0 Å². The zero-order chi connectivity index (χ0) is 16.5. The van der Waals surface area contributed by atoms with Crippen LogP contribution in [0.4, 0.5) is 0 Å². The van der Waals surface area contributed by atoms with Crippen molar-refractivity contribution >= 4 is 0 Å². The van der Waals surface area contributed by atoms with Crippen LogP contribution >= 0.6 is 0 Å². The number of rotatable bonds is 4. The molecule has 0 amide bonds. The van der Waals surface area contributed by atoms with E-state index in [9.17, 15) is 0 Å². The summed E-state index contributed by atoms with van der Waals surface area (Å²) >= 11 is 0. The van der Waals surface area contributed by atoms with Crippen molar-refractivity contribution in [3.05, 3.63) is 36.0 Å². The van der Waals surface area contributed by atoms with Crippen molar-refractivity contribution in [2.24, 2.45) is 11.8 Å². The van der Waals surface area contributed by atoms with E-state index in [1.54, 1.807) is 19.9 Å². The Kier molecular flexibility index (Phi) is 7.86. The van der Waals surface area contributed by atoms with Crippen molar-refractivity contribution < 1.29 is 9.47 Å². The molecule has 2 rings (SSSR count). The molecule has 3 heteroatoms. The molecule has 2 atom stereocenters. The highest BCUT2D eigenvalue weighted by Gasteiger charge is 2.23. The van der Waals surface area contributed by atoms with E-state index < -0.39 is 0 Å². The average Bonchev–Trinajstić information content (AvgIpc) is 2.54. The molecule has 0 saturated heterocycles. The Morgan fingerprint density at radius 2 is 1.64 bits per heavy atom. The van der Waals surface area contributed by atoms with E-state index in [1.807, 2.05) is 24.3 Å². The van der Waals surface area contributed by atoms with E-state index in [4.69, 9.17) is 9.47 Å². The van der Waals surface area contributed by atoms with Gasteiger partial charge in [-0.15, -0.1) is 0 Å². The number of nitrogens with zero attached hydrogens (tertiary/aromatic N) is 1. The Morgan fingerprint density at radius 3 is 2.00 bits per heavy atom. The van der Waals surface area contributed by atoms with Crippen molar-refractivity contribution in [2.45, 2.75) is 33.1 Å². The monoisotopic (exact) mass is 305 g/mol. The highest BCUT2D eigenvalue weighted by Crippen LogP contribution is 2.33. The van der Waals surface area contributed by atoms with E-state index in [0.717, 1.165) is 23.3 Å². The van der Waals surface area contributed by atoms with Gasteiger partial charge in [0.1, 0.15) is 0 Å². The summed E-state index contributed by atoms with van der Waals surface area (Å²) < 4.78 is 10.0. The number of ether oxygens (including phenoxy) is 2. The second-order valence-corrected chi connectivity index (χ2v) is 5.95. The summed E-state index contributed by atoms with van der Waals surface area (Å²) in [5.41, 5.74) is 1.55. The minimum Gasteiger partial charge on any atom is -0.493 e. The first-order valence-electron chi connectivity index (χ1n) is 8.09. The molecule has 0 bridgehead atoms. The lowest BCUT2D eigenvalue weighted by molar-refractivity contribution is 0.289. The number of methoxy groups -OCH3 is 2. The van der Waals surface area contributed by atoms with Gasteiger partial charge in [-0.25, -0.2) is 0 Å². The summed E-state index contributed by atoms with van der Waals surface area (Å²) in [4.78, 5) is 2.28. The van der Waals surface area contributed by atoms with Crippen LogP contribution in [0.2, 0.25) is 0 Å². The number of benzene rings is 1. The Morgan fingerprint density at radius 1 is 1.09 bits per heavy atom. The molecular weight excluding hydrogens is 274 g/mol. The molecule has 1 aliphatic rings. The third-order valence-electron chi connectivity index (χ3n) is 4.29. The van der Waals surface area contributed by atoms with Gasteiger partial charge in [0, 0.05) is 25.7 Å². The number of para-hydroxylation sites is 2. The molecule has 0 N–H and O–H groups in total. The van der Waals surface area contributed by atoms with Crippen molar-refractivity contribution in [2.75, 3.05) is 28.3 Å². The fourth-order valence-corrected chi connectivity index (χ4v) is 3.05. The maximum Gasteiger partial charge on any atom is 0.160 e. The topological polar surface area (TPSA) is 21.7 Å². The van der Waals surface area contributed by atoms with E-state index in [-0.39, 0.29) is 0 Å². The third kappa shape index (κ3) is 4.97. The van der Waals surface area contributed by atoms with Crippen LogP contribution < -0.4 is 9.47 Å². The lowest BCUT2D eigenvalue weighted by Crippen LogP contribution is -2.26. The van der Waals surface area contributed by atoms with Crippen molar-refractivity contribution in [1.29, 1.82) is 0 Å². The van der Waals surface area contributed by atoms with Gasteiger partial charge in [0.05, 0.1) is 14.2 Å². The summed E-state index contributed by atoms with van der Waals surface area (Å²) in [7, 11) is 7.56. The van der Waals surface area contributed by atoms with Crippen LogP contribution in [0.1, 0.15) is 33.1 Å². The third-order valence-corrected chi connectivity index (χ3v) is 4.29. The quantitative estimate of drug-likeness (QED) is 0.812. The summed E-state index contributed by atoms with van der Waals surface area (Å²) in [6, 6.07) is 7.53. The molecule has 3 nitrogen and oxygen atoms in total. The highest BCUT2D eigenvalue weighted by atomic mass is 16.5. The SMILES string of the molecule is CCC1C(N(C)C)=CCCC1C.COc1ccccc1OC. The van der Waals surface area contributed by atoms with Gasteiger partial charge >= 0.3 is 0 Å². The van der Waals surface area contributed by atoms with Crippen LogP contribution in [0.3, 0.4) is 0 Å². The largest absolute Gasteiger partial charge is 0.493 e. The van der Waals surface area contributed by atoms with Crippen LogP contribution in [0, 0.1) is 11.8 Å². The van der Waals surface area contributed by atoms with E-state index in [0.29, 0.717) is 0 Å². The number of allylic oxidation sites excluding steroid dienone is 2. The van der Waals surface area contributed by atoms with Crippen molar-refractivity contribution in [3.8, 4) is 11.5 Å². The Bertz CT molecular complexity index is 445. The summed E-state index contributed by atoms with van der Waals surface area (Å²) in [6.07, 6.45) is 6.33. The second kappa shape index (κ2) is 9.39. The highest BCUT2D eigenvalue weighted by molar-refractivity contribution is 5.39. The van der Waals surface area contributed by atoms with Gasteiger partial charge in [0.15, 0.2) is 11.5 Å². The smallest absolute Gasteiger partial charge is 0.160 e. The van der Waals surface area contributed by atoms with Crippen LogP contribution in [0.25, 0.3) is 0 Å². The number of hydrogen-bond donors (Lipinski definition) is 0. The van der Waals surface area contributed by atoms with E-state index in [2.05, 4.69) is 38.9 Å². The van der Waals surface area contributed by atoms with Gasteiger partial charge in [-0.2, -0.15) is 0 Å². The van der Waals surface area contributed by atoms with Crippen LogP contribution in [0.15, 0.2) is 36.0 Å². The minimum absolute atomic E-state index is 0.769. The second-order valence-electron chi connectivity index (χ2n) is 5.95. The molecule has 0 heterocycles. The van der Waals surface area contributed by atoms with Gasteiger partial charge in [-0.05, 0) is 37.3 Å². The minimum atomic E-state index is 0.769. The molecule has 0 spiro atoms. The first-order chi connectivity index (χ1) is 10.5. The molecule has 0 aromatic heterocycles. The average molecular weight is 305 g/mol. The first kappa shape index (κ1) is 18.4. The standard InChI is InChI=1S/C11H21N.C8H10O2/c1-5-10-9(2)7-6-8-11(10)12(3)4;1-9-7-5-3-4-6-8(7)10-2/h8-10H,5-7H2,1-4H3;3-6H,1-2H3. The molecule has 0 radical (unpaired) electrons. The van der Waals surface area contributed by atoms with Crippen molar-refractivity contribution in [1.82, 2.24) is 4.90 Å². The van der Waals surface area contributed by atoms with Crippen LogP contribution in [0.5, 0.6) is 11.5 Å². The van der Waals surface area contributed by atoms with Crippen LogP contribution in [-0.2, 0) is 0 Å². The first-order valence-corrected chi connectivity index (χ1v) is 8.09. The molecule has 1 aromatic rings. The predicted octanol–water partition coefficient (Wildman–Crippen LogP) is 4.59. The number of hydrogen-bond acceptors (Lipinski definition) is 3. The van der Waals surface area contributed by atoms with Gasteiger partial charge < -0.3 is 14.4 Å². The molecular formula is C19H31NO2. The van der Waals surface area contributed by atoms with Crippen LogP contribution in [-0.4, -0.2) is 33.2 Å². The zero-order valence-corrected chi connectivity index (χ0v) is 14.9. The maximum absolute atomic E-state index is 5.01. The molecule has 1 aromatic carbocycles. The summed E-state index contributed by atoms with van der Waals surface area (Å²) in [5, 5.41) is 0. The molecule has 0 fully saturated rings. The lowest BCUT2D eigenvalue weighted by Gasteiger charge is -2.33. The molecule has 22 heavy (non-hydrogen) atoms. The van der Waals surface area contributed by atoms with Gasteiger partial charge in [0.2, 0.25) is 0 Å². The maximum atomic E-state index is 5.01. The molecule has 1 aliphatic carbocycles. The normalized spacial score (nSPS) is 20.4. The van der Waals surface area contributed by atoms with E-state index >= 15 is 0 Å². The Labute approximate surface area is 135 Å².